The number of amides is 1. The Hall–Kier alpha value is -4.73. The SMILES string of the molecule is C=C1N=C(c2cc(C)ccn2)N(c2c(OC)cccc2OC)C(O)=C1C(=O)N1CCC(c2ccc(F)cc2F)C1. The number of nitrogens with zero attached hydrogens (tertiary/aromatic N) is 4. The average molecular weight is 547 g/mol. The number of aliphatic hydroxyl groups is 1. The van der Waals surface area contributed by atoms with Crippen molar-refractivity contribution in [2.45, 2.75) is 19.3 Å². The summed E-state index contributed by atoms with van der Waals surface area (Å²) in [6.07, 6.45) is 2.09. The van der Waals surface area contributed by atoms with Gasteiger partial charge < -0.3 is 19.5 Å². The highest BCUT2D eigenvalue weighted by Crippen LogP contribution is 2.43. The molecule has 2 aliphatic heterocycles. The van der Waals surface area contributed by atoms with Crippen LogP contribution in [0, 0.1) is 18.6 Å². The zero-order valence-corrected chi connectivity index (χ0v) is 22.3. The molecule has 2 aromatic carbocycles. The Morgan fingerprint density at radius 1 is 1.10 bits per heavy atom. The number of aryl methyl sites for hydroxylation is 1. The summed E-state index contributed by atoms with van der Waals surface area (Å²) in [7, 11) is 2.96. The van der Waals surface area contributed by atoms with Gasteiger partial charge in [-0.25, -0.2) is 13.8 Å². The molecule has 1 aromatic heterocycles. The van der Waals surface area contributed by atoms with Crippen molar-refractivity contribution >= 4 is 17.4 Å². The monoisotopic (exact) mass is 546 g/mol. The van der Waals surface area contributed by atoms with Gasteiger partial charge in [-0.2, -0.15) is 0 Å². The number of pyridine rings is 1. The second-order valence-electron chi connectivity index (χ2n) is 9.55. The van der Waals surface area contributed by atoms with E-state index < -0.39 is 23.4 Å². The molecule has 0 bridgehead atoms. The van der Waals surface area contributed by atoms with Crippen LogP contribution in [0.5, 0.6) is 11.5 Å². The Bertz CT molecular complexity index is 1550. The topological polar surface area (TPSA) is 87.5 Å². The number of carbonyl (C=O) groups is 1. The maximum atomic E-state index is 14.5. The number of halogens is 2. The van der Waals surface area contributed by atoms with Gasteiger partial charge in [0.05, 0.1) is 19.9 Å². The molecule has 0 saturated carbocycles. The molecule has 206 valence electrons. The van der Waals surface area contributed by atoms with Crippen molar-refractivity contribution in [3.63, 3.8) is 0 Å². The number of hydrogen-bond donors (Lipinski definition) is 1. The van der Waals surface area contributed by atoms with E-state index in [9.17, 15) is 18.7 Å². The van der Waals surface area contributed by atoms with Gasteiger partial charge in [0.2, 0.25) is 5.88 Å². The quantitative estimate of drug-likeness (QED) is 0.455. The second-order valence-corrected chi connectivity index (χ2v) is 9.55. The van der Waals surface area contributed by atoms with Crippen LogP contribution in [0.15, 0.2) is 83.5 Å². The lowest BCUT2D eigenvalue weighted by Crippen LogP contribution is -2.40. The molecule has 1 fully saturated rings. The summed E-state index contributed by atoms with van der Waals surface area (Å²) in [4.78, 5) is 25.8. The van der Waals surface area contributed by atoms with Gasteiger partial charge in [-0.15, -0.1) is 0 Å². The molecule has 40 heavy (non-hydrogen) atoms. The first-order valence-electron chi connectivity index (χ1n) is 12.6. The maximum Gasteiger partial charge on any atom is 0.261 e. The molecule has 1 unspecified atom stereocenters. The van der Waals surface area contributed by atoms with Gasteiger partial charge in [-0.05, 0) is 54.8 Å². The van der Waals surface area contributed by atoms with Crippen LogP contribution in [0.25, 0.3) is 0 Å². The summed E-state index contributed by atoms with van der Waals surface area (Å²) in [5.41, 5.74) is 1.92. The van der Waals surface area contributed by atoms with Crippen LogP contribution < -0.4 is 14.4 Å². The molecule has 1 atom stereocenters. The lowest BCUT2D eigenvalue weighted by atomic mass is 9.98. The van der Waals surface area contributed by atoms with E-state index in [-0.39, 0.29) is 29.6 Å². The molecule has 0 radical (unpaired) electrons. The summed E-state index contributed by atoms with van der Waals surface area (Å²) < 4.78 is 39.1. The Labute approximate surface area is 230 Å². The van der Waals surface area contributed by atoms with Gasteiger partial charge in [-0.3, -0.25) is 14.7 Å². The van der Waals surface area contributed by atoms with Crippen molar-refractivity contribution in [3.05, 3.63) is 107 Å². The van der Waals surface area contributed by atoms with E-state index in [1.807, 2.05) is 13.0 Å². The number of aromatic nitrogens is 1. The van der Waals surface area contributed by atoms with Crippen molar-refractivity contribution in [1.29, 1.82) is 0 Å². The first kappa shape index (κ1) is 26.9. The first-order valence-corrected chi connectivity index (χ1v) is 12.6. The molecule has 0 spiro atoms. The summed E-state index contributed by atoms with van der Waals surface area (Å²) in [6, 6.07) is 12.2. The number of ether oxygens (including phenoxy) is 2. The number of methoxy groups -OCH3 is 2. The Kier molecular flexibility index (Phi) is 7.25. The molecule has 1 saturated heterocycles. The van der Waals surface area contributed by atoms with E-state index in [1.54, 1.807) is 30.5 Å². The summed E-state index contributed by atoms with van der Waals surface area (Å²) >= 11 is 0. The van der Waals surface area contributed by atoms with Crippen molar-refractivity contribution in [1.82, 2.24) is 9.88 Å². The number of aliphatic hydroxyl groups excluding tert-OH is 1. The highest BCUT2D eigenvalue weighted by molar-refractivity contribution is 6.16. The Balaban J connectivity index is 1.58. The van der Waals surface area contributed by atoms with Crippen LogP contribution in [0.2, 0.25) is 0 Å². The Morgan fingerprint density at radius 2 is 1.82 bits per heavy atom. The second kappa shape index (κ2) is 10.8. The minimum absolute atomic E-state index is 0.0438. The number of benzene rings is 2. The van der Waals surface area contributed by atoms with Crippen LogP contribution in [0.3, 0.4) is 0 Å². The molecule has 1 N–H and O–H groups in total. The van der Waals surface area contributed by atoms with Gasteiger partial charge in [0.25, 0.3) is 5.91 Å². The molecular formula is C30H28F2N4O4. The van der Waals surface area contributed by atoms with Crippen molar-refractivity contribution in [2.24, 2.45) is 4.99 Å². The van der Waals surface area contributed by atoms with E-state index in [4.69, 9.17) is 9.47 Å². The van der Waals surface area contributed by atoms with Gasteiger partial charge in [0, 0.05) is 31.3 Å². The fourth-order valence-electron chi connectivity index (χ4n) is 5.08. The zero-order chi connectivity index (χ0) is 28.6. The number of para-hydroxylation sites is 1. The molecule has 5 rings (SSSR count). The standard InChI is InChI=1S/C30H28F2N4O4/c1-17-10-12-33-23(14-17)28-34-18(2)26(30(38)36(28)27-24(39-3)6-5-7-25(27)40-4)29(37)35-13-11-19(16-35)21-9-8-20(31)15-22(21)32/h5-10,12,14-15,19,38H,2,11,13,16H2,1,3-4H3. The van der Waals surface area contributed by atoms with Crippen molar-refractivity contribution < 1.29 is 28.2 Å². The largest absolute Gasteiger partial charge is 0.494 e. The number of carbonyl (C=O) groups excluding carboxylic acids is 1. The van der Waals surface area contributed by atoms with E-state index >= 15 is 0 Å². The summed E-state index contributed by atoms with van der Waals surface area (Å²) in [5, 5.41) is 11.8. The fraction of sp³-hybridized carbons (Fsp3) is 0.233. The molecule has 2 aliphatic rings. The number of amidine groups is 1. The molecular weight excluding hydrogens is 518 g/mol. The van der Waals surface area contributed by atoms with Gasteiger partial charge in [0.1, 0.15) is 40.1 Å². The number of aliphatic imine (C=N–C) groups is 1. The van der Waals surface area contributed by atoms with Crippen LogP contribution in [0.4, 0.5) is 14.5 Å². The van der Waals surface area contributed by atoms with Crippen molar-refractivity contribution in [2.75, 3.05) is 32.2 Å². The van der Waals surface area contributed by atoms with Gasteiger partial charge >= 0.3 is 0 Å². The van der Waals surface area contributed by atoms with Gasteiger partial charge in [0.15, 0.2) is 5.84 Å². The van der Waals surface area contributed by atoms with E-state index in [0.717, 1.165) is 11.6 Å². The van der Waals surface area contributed by atoms with E-state index in [2.05, 4.69) is 16.6 Å². The minimum Gasteiger partial charge on any atom is -0.494 e. The van der Waals surface area contributed by atoms with Crippen LogP contribution >= 0.6 is 0 Å². The fourth-order valence-corrected chi connectivity index (χ4v) is 5.08. The lowest BCUT2D eigenvalue weighted by Gasteiger charge is -2.33. The predicted octanol–water partition coefficient (Wildman–Crippen LogP) is 5.25. The molecule has 0 aliphatic carbocycles. The normalized spacial score (nSPS) is 17.3. The third-order valence-electron chi connectivity index (χ3n) is 7.04. The zero-order valence-electron chi connectivity index (χ0n) is 22.3. The minimum atomic E-state index is -0.663. The molecule has 3 heterocycles. The molecule has 10 heteroatoms. The number of anilines is 1. The molecule has 1 amide bonds. The number of hydrogen-bond acceptors (Lipinski definition) is 7. The molecule has 8 nitrogen and oxygen atoms in total. The Morgan fingerprint density at radius 3 is 2.48 bits per heavy atom. The van der Waals surface area contributed by atoms with Crippen molar-refractivity contribution in [3.8, 4) is 11.5 Å². The first-order chi connectivity index (χ1) is 19.2. The van der Waals surface area contributed by atoms with Crippen LogP contribution in [-0.4, -0.2) is 54.0 Å². The van der Waals surface area contributed by atoms with E-state index in [1.165, 1.54) is 36.2 Å². The van der Waals surface area contributed by atoms with Crippen LogP contribution in [0.1, 0.15) is 29.2 Å². The number of likely N-dealkylation sites (tertiary alicyclic amines) is 1. The third kappa shape index (κ3) is 4.76. The highest BCUT2D eigenvalue weighted by atomic mass is 19.1. The molecule has 3 aromatic rings. The number of rotatable bonds is 6. The van der Waals surface area contributed by atoms with Gasteiger partial charge in [-0.1, -0.05) is 18.7 Å². The summed E-state index contributed by atoms with van der Waals surface area (Å²) in [5.74, 6) is -1.66. The maximum absolute atomic E-state index is 14.5. The third-order valence-corrected chi connectivity index (χ3v) is 7.04. The van der Waals surface area contributed by atoms with E-state index in [0.29, 0.717) is 41.4 Å². The average Bonchev–Trinajstić information content (AvgIpc) is 3.42. The van der Waals surface area contributed by atoms with Crippen LogP contribution in [-0.2, 0) is 4.79 Å². The highest BCUT2D eigenvalue weighted by Gasteiger charge is 2.39. The lowest BCUT2D eigenvalue weighted by molar-refractivity contribution is -0.126. The smallest absolute Gasteiger partial charge is 0.261 e. The summed E-state index contributed by atoms with van der Waals surface area (Å²) in [6.45, 7) is 6.36. The predicted molar refractivity (Wildman–Crippen MR) is 147 cm³/mol.